The van der Waals surface area contributed by atoms with E-state index in [-0.39, 0.29) is 18.6 Å². The SMILES string of the molecule is CC#CCn1c(N2CCNCC2)nc2c1c(=O)n(C)c(=O)n2-c1ccccc1CC(=O)OC.O=C(O)C(F)(F)F. The molecule has 12 nitrogen and oxygen atoms in total. The number of methoxy groups -OCH3 is 1. The number of halogens is 3. The first kappa shape index (κ1) is 30.0. The van der Waals surface area contributed by atoms with Crippen molar-refractivity contribution in [2.75, 3.05) is 38.2 Å². The third kappa shape index (κ3) is 6.34. The van der Waals surface area contributed by atoms with Crippen LogP contribution in [0.3, 0.4) is 0 Å². The molecule has 4 rings (SSSR count). The summed E-state index contributed by atoms with van der Waals surface area (Å²) in [5, 5.41) is 10.4. The maximum absolute atomic E-state index is 13.3. The van der Waals surface area contributed by atoms with Gasteiger partial charge in [-0.25, -0.2) is 14.2 Å². The van der Waals surface area contributed by atoms with Crippen molar-refractivity contribution in [2.45, 2.75) is 26.1 Å². The lowest BCUT2D eigenvalue weighted by Crippen LogP contribution is -2.44. The Hall–Kier alpha value is -4.58. The van der Waals surface area contributed by atoms with Gasteiger partial charge in [-0.1, -0.05) is 24.1 Å². The van der Waals surface area contributed by atoms with Crippen molar-refractivity contribution in [1.82, 2.24) is 24.0 Å². The molecule has 2 aromatic heterocycles. The maximum atomic E-state index is 13.3. The number of carboxylic acid groups (broad SMARTS) is 1. The van der Waals surface area contributed by atoms with Crippen molar-refractivity contribution < 1.29 is 32.6 Å². The van der Waals surface area contributed by atoms with E-state index < -0.39 is 29.4 Å². The summed E-state index contributed by atoms with van der Waals surface area (Å²) >= 11 is 0. The average Bonchev–Trinajstić information content (AvgIpc) is 3.30. The molecule has 1 saturated heterocycles. The molecule has 1 aliphatic heterocycles. The number of fused-ring (bicyclic) bond motifs is 1. The number of piperazine rings is 1. The van der Waals surface area contributed by atoms with Crippen LogP contribution in [0.4, 0.5) is 19.1 Å². The van der Waals surface area contributed by atoms with Crippen LogP contribution in [0.15, 0.2) is 33.9 Å². The Kier molecular flexibility index (Phi) is 9.38. The second kappa shape index (κ2) is 12.5. The topological polar surface area (TPSA) is 141 Å². The first-order valence-corrected chi connectivity index (χ1v) is 11.9. The Bertz CT molecular complexity index is 1590. The van der Waals surface area contributed by atoms with Crippen LogP contribution >= 0.6 is 0 Å². The molecule has 0 unspecified atom stereocenters. The summed E-state index contributed by atoms with van der Waals surface area (Å²) in [6.07, 6.45) is -5.10. The lowest BCUT2D eigenvalue weighted by molar-refractivity contribution is -0.192. The number of hydrogen-bond acceptors (Lipinski definition) is 8. The van der Waals surface area contributed by atoms with E-state index >= 15 is 0 Å². The van der Waals surface area contributed by atoms with Gasteiger partial charge in [-0.05, 0) is 18.6 Å². The number of esters is 1. The number of hydrogen-bond donors (Lipinski definition) is 2. The predicted molar refractivity (Wildman–Crippen MR) is 139 cm³/mol. The molecule has 3 heterocycles. The summed E-state index contributed by atoms with van der Waals surface area (Å²) in [6.45, 7) is 5.01. The first-order chi connectivity index (χ1) is 18.9. The Morgan fingerprint density at radius 3 is 2.38 bits per heavy atom. The summed E-state index contributed by atoms with van der Waals surface area (Å²) in [5.41, 5.74) is 0.629. The standard InChI is InChI=1S/C23H26N6O4.C2HF3O2/c1-4-5-12-28-19-20(25-22(28)27-13-10-24-11-14-27)29(23(32)26(2)21(19)31)17-9-7-6-8-16(17)15-18(30)33-3;3-2(4,5)1(6)7/h6-9,24H,10-15H2,1-3H3;(H,6,7). The number of carboxylic acids is 1. The number of anilines is 1. The number of aliphatic carboxylic acids is 1. The average molecular weight is 565 g/mol. The highest BCUT2D eigenvalue weighted by atomic mass is 19.4. The van der Waals surface area contributed by atoms with E-state index in [2.05, 4.69) is 22.1 Å². The summed E-state index contributed by atoms with van der Waals surface area (Å²) in [7, 11) is 2.76. The van der Waals surface area contributed by atoms with Crippen molar-refractivity contribution in [1.29, 1.82) is 0 Å². The second-order valence-corrected chi connectivity index (χ2v) is 8.50. The zero-order valence-electron chi connectivity index (χ0n) is 21.9. The van der Waals surface area contributed by atoms with E-state index in [1.54, 1.807) is 35.8 Å². The molecule has 0 saturated carbocycles. The fraction of sp³-hybridized carbons (Fsp3) is 0.400. The molecule has 1 aromatic carbocycles. The number of rotatable bonds is 5. The molecule has 40 heavy (non-hydrogen) atoms. The maximum Gasteiger partial charge on any atom is 0.490 e. The number of para-hydroxylation sites is 1. The van der Waals surface area contributed by atoms with Crippen LogP contribution in [0.25, 0.3) is 16.9 Å². The zero-order valence-corrected chi connectivity index (χ0v) is 21.9. The number of aromatic nitrogens is 4. The number of alkyl halides is 3. The van der Waals surface area contributed by atoms with Gasteiger partial charge < -0.3 is 20.1 Å². The van der Waals surface area contributed by atoms with E-state index in [1.807, 2.05) is 0 Å². The first-order valence-electron chi connectivity index (χ1n) is 11.9. The molecule has 3 aromatic rings. The summed E-state index contributed by atoms with van der Waals surface area (Å²) in [4.78, 5) is 54.4. The fourth-order valence-electron chi connectivity index (χ4n) is 4.02. The lowest BCUT2D eigenvalue weighted by atomic mass is 10.1. The smallest absolute Gasteiger partial charge is 0.475 e. The molecule has 2 N–H and O–H groups in total. The Morgan fingerprint density at radius 1 is 1.18 bits per heavy atom. The molecule has 0 spiro atoms. The van der Waals surface area contributed by atoms with Gasteiger partial charge in [0.1, 0.15) is 0 Å². The fourth-order valence-corrected chi connectivity index (χ4v) is 4.02. The van der Waals surface area contributed by atoms with E-state index in [0.717, 1.165) is 17.7 Å². The molecular formula is C25H27F3N6O6. The molecule has 0 amide bonds. The summed E-state index contributed by atoms with van der Waals surface area (Å²) in [6, 6.07) is 7.05. The van der Waals surface area contributed by atoms with Crippen molar-refractivity contribution in [3.8, 4) is 17.5 Å². The van der Waals surface area contributed by atoms with Gasteiger partial charge in [-0.15, -0.1) is 5.92 Å². The van der Waals surface area contributed by atoms with E-state index in [9.17, 15) is 27.6 Å². The van der Waals surface area contributed by atoms with Crippen LogP contribution < -0.4 is 21.5 Å². The highest BCUT2D eigenvalue weighted by Gasteiger charge is 2.38. The van der Waals surface area contributed by atoms with Crippen LogP contribution in [-0.2, 0) is 34.3 Å². The molecule has 0 bridgehead atoms. The van der Waals surface area contributed by atoms with Gasteiger partial charge in [-0.3, -0.25) is 18.7 Å². The van der Waals surface area contributed by atoms with Crippen molar-refractivity contribution in [3.05, 3.63) is 50.7 Å². The van der Waals surface area contributed by atoms with Gasteiger partial charge in [0, 0.05) is 33.2 Å². The number of benzene rings is 1. The molecule has 15 heteroatoms. The Morgan fingerprint density at radius 2 is 1.80 bits per heavy atom. The van der Waals surface area contributed by atoms with Gasteiger partial charge in [0.05, 0.1) is 25.8 Å². The summed E-state index contributed by atoms with van der Waals surface area (Å²) in [5.74, 6) is 3.30. The monoisotopic (exact) mass is 564 g/mol. The number of nitrogens with zero attached hydrogens (tertiary/aromatic N) is 5. The van der Waals surface area contributed by atoms with Crippen LogP contribution in [0.1, 0.15) is 12.5 Å². The zero-order chi connectivity index (χ0) is 29.6. The molecule has 1 aliphatic rings. The van der Waals surface area contributed by atoms with Gasteiger partial charge in [-0.2, -0.15) is 18.2 Å². The van der Waals surface area contributed by atoms with Crippen LogP contribution in [0, 0.1) is 11.8 Å². The summed E-state index contributed by atoms with van der Waals surface area (Å²) < 4.78 is 40.8. The van der Waals surface area contributed by atoms with E-state index in [0.29, 0.717) is 35.8 Å². The number of imidazole rings is 1. The molecular weight excluding hydrogens is 537 g/mol. The van der Waals surface area contributed by atoms with Gasteiger partial charge in [0.25, 0.3) is 5.56 Å². The highest BCUT2D eigenvalue weighted by molar-refractivity contribution is 5.78. The van der Waals surface area contributed by atoms with Crippen LogP contribution in [0.2, 0.25) is 0 Å². The minimum Gasteiger partial charge on any atom is -0.475 e. The molecule has 214 valence electrons. The number of nitrogens with one attached hydrogen (secondary N) is 1. The largest absolute Gasteiger partial charge is 0.490 e. The van der Waals surface area contributed by atoms with Gasteiger partial charge in [0.15, 0.2) is 11.2 Å². The molecule has 0 radical (unpaired) electrons. The third-order valence-electron chi connectivity index (χ3n) is 5.98. The quantitative estimate of drug-likeness (QED) is 0.338. The number of ether oxygens (including phenoxy) is 1. The van der Waals surface area contributed by atoms with Gasteiger partial charge in [0.2, 0.25) is 5.95 Å². The second-order valence-electron chi connectivity index (χ2n) is 8.50. The molecule has 1 fully saturated rings. The minimum absolute atomic E-state index is 0.0177. The van der Waals surface area contributed by atoms with Crippen molar-refractivity contribution in [2.24, 2.45) is 7.05 Å². The third-order valence-corrected chi connectivity index (χ3v) is 5.98. The van der Waals surface area contributed by atoms with E-state index in [4.69, 9.17) is 19.6 Å². The minimum atomic E-state index is -5.08. The Labute approximate surface area is 225 Å². The lowest BCUT2D eigenvalue weighted by Gasteiger charge is -2.28. The molecule has 0 aliphatic carbocycles. The normalized spacial score (nSPS) is 13.2. The van der Waals surface area contributed by atoms with Crippen LogP contribution in [0.5, 0.6) is 0 Å². The van der Waals surface area contributed by atoms with E-state index in [1.165, 1.54) is 18.7 Å². The van der Waals surface area contributed by atoms with Gasteiger partial charge >= 0.3 is 23.8 Å². The predicted octanol–water partition coefficient (Wildman–Crippen LogP) is 0.668. The number of carbonyl (C=O) groups is 2. The number of carbonyl (C=O) groups excluding carboxylic acids is 1. The Balaban J connectivity index is 0.000000559. The highest BCUT2D eigenvalue weighted by Crippen LogP contribution is 2.24. The molecule has 0 atom stereocenters. The van der Waals surface area contributed by atoms with Crippen LogP contribution in [-0.4, -0.2) is 75.2 Å². The van der Waals surface area contributed by atoms with Crippen molar-refractivity contribution >= 4 is 29.1 Å². The van der Waals surface area contributed by atoms with Crippen molar-refractivity contribution in [3.63, 3.8) is 0 Å².